The Morgan fingerprint density at radius 2 is 1.71 bits per heavy atom. The molecule has 0 saturated heterocycles. The Morgan fingerprint density at radius 1 is 1.14 bits per heavy atom. The number of aliphatic carboxylic acids is 2. The van der Waals surface area contributed by atoms with E-state index < -0.39 is 35.5 Å². The predicted octanol–water partition coefficient (Wildman–Crippen LogP) is 1.42. The van der Waals surface area contributed by atoms with Crippen LogP contribution >= 0.6 is 0 Å². The van der Waals surface area contributed by atoms with E-state index in [1.807, 2.05) is 6.92 Å². The van der Waals surface area contributed by atoms with Crippen LogP contribution in [0.4, 0.5) is 0 Å². The van der Waals surface area contributed by atoms with Crippen LogP contribution < -0.4 is 0 Å². The van der Waals surface area contributed by atoms with Gasteiger partial charge in [0.05, 0.1) is 5.41 Å². The maximum absolute atomic E-state index is 11.7. The number of unbranched alkanes of at least 4 members (excludes halogenated alkanes) is 1. The second kappa shape index (κ2) is 8.61. The van der Waals surface area contributed by atoms with Gasteiger partial charge in [-0.1, -0.05) is 19.8 Å². The molecule has 0 aromatic carbocycles. The van der Waals surface area contributed by atoms with Crippen molar-refractivity contribution in [1.29, 1.82) is 0 Å². The Morgan fingerprint density at radius 3 is 2.14 bits per heavy atom. The van der Waals surface area contributed by atoms with Crippen molar-refractivity contribution in [3.05, 3.63) is 0 Å². The van der Waals surface area contributed by atoms with E-state index in [2.05, 4.69) is 0 Å². The van der Waals surface area contributed by atoms with Gasteiger partial charge >= 0.3 is 17.9 Å². The zero-order valence-electron chi connectivity index (χ0n) is 12.7. The highest BCUT2D eigenvalue weighted by atomic mass is 16.6. The smallest absolute Gasteiger partial charge is 0.335 e. The Bertz CT molecular complexity index is 376. The highest BCUT2D eigenvalue weighted by Gasteiger charge is 2.40. The largest absolute Gasteiger partial charge is 0.481 e. The monoisotopic (exact) mass is 304 g/mol. The van der Waals surface area contributed by atoms with Gasteiger partial charge in [-0.25, -0.2) is 4.79 Å². The molecule has 0 amide bonds. The average molecular weight is 304 g/mol. The molecule has 3 N–H and O–H groups in total. The van der Waals surface area contributed by atoms with Crippen molar-refractivity contribution < 1.29 is 34.4 Å². The lowest BCUT2D eigenvalue weighted by Crippen LogP contribution is -2.42. The Hall–Kier alpha value is -1.63. The molecule has 0 rings (SSSR count). The first-order valence-electron chi connectivity index (χ1n) is 6.96. The minimum atomic E-state index is -1.56. The van der Waals surface area contributed by atoms with Crippen molar-refractivity contribution in [1.82, 2.24) is 0 Å². The molecule has 0 aliphatic heterocycles. The van der Waals surface area contributed by atoms with Gasteiger partial charge in [0.2, 0.25) is 0 Å². The topological polar surface area (TPSA) is 121 Å². The van der Waals surface area contributed by atoms with Gasteiger partial charge in [0.1, 0.15) is 6.10 Å². The molecule has 0 aliphatic rings. The predicted molar refractivity (Wildman–Crippen MR) is 73.7 cm³/mol. The number of aliphatic hydroxyl groups excluding tert-OH is 1. The first kappa shape index (κ1) is 19.4. The molecule has 7 nitrogen and oxygen atoms in total. The summed E-state index contributed by atoms with van der Waals surface area (Å²) in [6.07, 6.45) is -1.20. The summed E-state index contributed by atoms with van der Waals surface area (Å²) in [5.74, 6) is -3.21. The molecule has 122 valence electrons. The van der Waals surface area contributed by atoms with Crippen molar-refractivity contribution in [3.63, 3.8) is 0 Å². The molecule has 0 aromatic rings. The molecule has 0 bridgehead atoms. The molecule has 21 heavy (non-hydrogen) atoms. The van der Waals surface area contributed by atoms with E-state index in [1.54, 1.807) is 0 Å². The van der Waals surface area contributed by atoms with Crippen molar-refractivity contribution in [2.75, 3.05) is 0 Å². The molecule has 2 atom stereocenters. The van der Waals surface area contributed by atoms with E-state index in [0.717, 1.165) is 6.42 Å². The lowest BCUT2D eigenvalue weighted by Gasteiger charge is -2.30. The number of rotatable bonds is 10. The zero-order valence-corrected chi connectivity index (χ0v) is 12.7. The fraction of sp³-hybridized carbons (Fsp3) is 0.786. The van der Waals surface area contributed by atoms with E-state index in [9.17, 15) is 24.6 Å². The number of ether oxygens (including phenoxy) is 1. The van der Waals surface area contributed by atoms with Crippen molar-refractivity contribution >= 4 is 17.9 Å². The van der Waals surface area contributed by atoms with E-state index >= 15 is 0 Å². The van der Waals surface area contributed by atoms with Crippen LogP contribution in [0.3, 0.4) is 0 Å². The summed E-state index contributed by atoms with van der Waals surface area (Å²) < 4.78 is 5.11. The second-order valence-electron chi connectivity index (χ2n) is 5.54. The van der Waals surface area contributed by atoms with E-state index in [-0.39, 0.29) is 12.8 Å². The summed E-state index contributed by atoms with van der Waals surface area (Å²) in [6, 6.07) is 0. The molecular formula is C14H24O7. The number of aliphatic hydroxyl groups is 1. The Balaban J connectivity index is 4.76. The van der Waals surface area contributed by atoms with Crippen LogP contribution in [0.2, 0.25) is 0 Å². The SMILES string of the molecule is CCCCC(OC(=O)C(O)CCC(=O)O)C(C)(C)C(=O)O. The van der Waals surface area contributed by atoms with Crippen LogP contribution in [0.15, 0.2) is 0 Å². The Kier molecular flexibility index (Phi) is 7.94. The normalized spacial score (nSPS) is 14.3. The maximum Gasteiger partial charge on any atom is 0.335 e. The van der Waals surface area contributed by atoms with Crippen molar-refractivity contribution in [3.8, 4) is 0 Å². The molecular weight excluding hydrogens is 280 g/mol. The second-order valence-corrected chi connectivity index (χ2v) is 5.54. The van der Waals surface area contributed by atoms with Gasteiger partial charge in [-0.05, 0) is 26.7 Å². The lowest BCUT2D eigenvalue weighted by molar-refractivity contribution is -0.173. The summed E-state index contributed by atoms with van der Waals surface area (Å²) >= 11 is 0. The van der Waals surface area contributed by atoms with Gasteiger partial charge in [0.15, 0.2) is 6.10 Å². The third kappa shape index (κ3) is 6.57. The summed E-state index contributed by atoms with van der Waals surface area (Å²) in [5.41, 5.74) is -1.28. The third-order valence-electron chi connectivity index (χ3n) is 3.34. The van der Waals surface area contributed by atoms with Crippen LogP contribution in [-0.4, -0.2) is 45.4 Å². The van der Waals surface area contributed by atoms with Crippen LogP contribution in [0, 0.1) is 5.41 Å². The van der Waals surface area contributed by atoms with Crippen LogP contribution in [0.1, 0.15) is 52.9 Å². The van der Waals surface area contributed by atoms with Gasteiger partial charge in [-0.3, -0.25) is 9.59 Å². The number of carbonyl (C=O) groups excluding carboxylic acids is 1. The van der Waals surface area contributed by atoms with Gasteiger partial charge in [-0.15, -0.1) is 0 Å². The number of carboxylic acids is 2. The minimum absolute atomic E-state index is 0.262. The maximum atomic E-state index is 11.7. The molecule has 0 radical (unpaired) electrons. The quantitative estimate of drug-likeness (QED) is 0.522. The highest BCUT2D eigenvalue weighted by Crippen LogP contribution is 2.28. The number of hydrogen-bond donors (Lipinski definition) is 3. The third-order valence-corrected chi connectivity index (χ3v) is 3.34. The fourth-order valence-electron chi connectivity index (χ4n) is 1.69. The van der Waals surface area contributed by atoms with Gasteiger partial charge in [0.25, 0.3) is 0 Å². The van der Waals surface area contributed by atoms with Crippen molar-refractivity contribution in [2.24, 2.45) is 5.41 Å². The summed E-state index contributed by atoms with van der Waals surface area (Å²) in [5, 5.41) is 27.3. The molecule has 0 heterocycles. The standard InChI is InChI=1S/C14H24O7/c1-4-5-6-10(14(2,3)13(19)20)21-12(18)9(15)7-8-11(16)17/h9-10,15H,4-8H2,1-3H3,(H,16,17)(H,19,20). The fourth-order valence-corrected chi connectivity index (χ4v) is 1.69. The van der Waals surface area contributed by atoms with Crippen LogP contribution in [0.25, 0.3) is 0 Å². The molecule has 0 aliphatic carbocycles. The van der Waals surface area contributed by atoms with Gasteiger partial charge in [0, 0.05) is 6.42 Å². The molecule has 0 aromatic heterocycles. The Labute approximate surface area is 123 Å². The van der Waals surface area contributed by atoms with E-state index in [1.165, 1.54) is 13.8 Å². The molecule has 7 heteroatoms. The molecule has 0 saturated carbocycles. The molecule has 2 unspecified atom stereocenters. The molecule has 0 spiro atoms. The van der Waals surface area contributed by atoms with Gasteiger partial charge in [-0.2, -0.15) is 0 Å². The van der Waals surface area contributed by atoms with E-state index in [4.69, 9.17) is 9.84 Å². The van der Waals surface area contributed by atoms with Crippen LogP contribution in [0.5, 0.6) is 0 Å². The van der Waals surface area contributed by atoms with Crippen LogP contribution in [-0.2, 0) is 19.1 Å². The number of carboxylic acid groups (broad SMARTS) is 2. The number of carbonyl (C=O) groups is 3. The number of esters is 1. The first-order valence-corrected chi connectivity index (χ1v) is 6.96. The summed E-state index contributed by atoms with van der Waals surface area (Å²) in [4.78, 5) is 33.4. The summed E-state index contributed by atoms with van der Waals surface area (Å²) in [7, 11) is 0. The number of hydrogen-bond acceptors (Lipinski definition) is 5. The van der Waals surface area contributed by atoms with Crippen molar-refractivity contribution in [2.45, 2.75) is 65.1 Å². The molecule has 0 fully saturated rings. The average Bonchev–Trinajstić information content (AvgIpc) is 2.39. The lowest BCUT2D eigenvalue weighted by atomic mass is 9.84. The summed E-state index contributed by atoms with van der Waals surface area (Å²) in [6.45, 7) is 4.83. The van der Waals surface area contributed by atoms with Gasteiger partial charge < -0.3 is 20.1 Å². The zero-order chi connectivity index (χ0) is 16.6. The van der Waals surface area contributed by atoms with E-state index in [0.29, 0.717) is 12.8 Å². The minimum Gasteiger partial charge on any atom is -0.481 e. The highest BCUT2D eigenvalue weighted by molar-refractivity contribution is 5.78. The first-order chi connectivity index (χ1) is 9.62.